The molecule has 0 saturated heterocycles. The van der Waals surface area contributed by atoms with E-state index in [0.29, 0.717) is 23.3 Å². The van der Waals surface area contributed by atoms with Gasteiger partial charge in [-0.2, -0.15) is 0 Å². The van der Waals surface area contributed by atoms with Crippen molar-refractivity contribution < 1.29 is 14.2 Å². The fourth-order valence-corrected chi connectivity index (χ4v) is 1.93. The lowest BCUT2D eigenvalue weighted by molar-refractivity contribution is -0.139. The largest absolute Gasteiger partial charge is 0.351 e. The Bertz CT molecular complexity index is 520. The van der Waals surface area contributed by atoms with Crippen LogP contribution in [0.2, 0.25) is 10.0 Å². The average molecular weight is 329 g/mol. The Morgan fingerprint density at radius 2 is 1.19 bits per heavy atom. The van der Waals surface area contributed by atoms with E-state index in [2.05, 4.69) is 9.97 Å². The molecule has 0 radical (unpaired) electrons. The second-order valence-electron chi connectivity index (χ2n) is 4.16. The number of ether oxygens (including phenoxy) is 3. The molecule has 5 nitrogen and oxygen atoms in total. The lowest BCUT2D eigenvalue weighted by Crippen LogP contribution is -2.05. The highest BCUT2D eigenvalue weighted by Gasteiger charge is 1.97. The predicted octanol–water partition coefficient (Wildman–Crippen LogP) is 3.45. The van der Waals surface area contributed by atoms with Gasteiger partial charge in [0.05, 0.1) is 23.3 Å². The highest BCUT2D eigenvalue weighted by atomic mass is 35.5. The summed E-state index contributed by atoms with van der Waals surface area (Å²) in [4.78, 5) is 7.92. The molecule has 0 saturated carbocycles. The summed E-state index contributed by atoms with van der Waals surface area (Å²) in [5.41, 5.74) is 1.77. The number of pyridine rings is 2. The average Bonchev–Trinajstić information content (AvgIpc) is 2.46. The van der Waals surface area contributed by atoms with Gasteiger partial charge >= 0.3 is 0 Å². The van der Waals surface area contributed by atoms with Crippen LogP contribution in [0.5, 0.6) is 0 Å². The maximum Gasteiger partial charge on any atom is 0.150 e. The van der Waals surface area contributed by atoms with Crippen molar-refractivity contribution in [2.24, 2.45) is 0 Å². The van der Waals surface area contributed by atoms with E-state index < -0.39 is 0 Å². The minimum atomic E-state index is 0.125. The van der Waals surface area contributed by atoms with Crippen molar-refractivity contribution in [1.82, 2.24) is 9.97 Å². The number of hydrogen-bond donors (Lipinski definition) is 0. The summed E-state index contributed by atoms with van der Waals surface area (Å²) in [7, 11) is 0. The van der Waals surface area contributed by atoms with Gasteiger partial charge in [-0.25, -0.2) is 0 Å². The molecule has 2 aromatic heterocycles. The van der Waals surface area contributed by atoms with E-state index >= 15 is 0 Å². The maximum absolute atomic E-state index is 5.81. The molecule has 2 heterocycles. The first-order valence-electron chi connectivity index (χ1n) is 6.16. The van der Waals surface area contributed by atoms with E-state index in [0.717, 1.165) is 11.1 Å². The summed E-state index contributed by atoms with van der Waals surface area (Å²) in [6, 6.07) is 3.58. The maximum atomic E-state index is 5.81. The Kier molecular flexibility index (Phi) is 6.85. The molecule has 0 spiro atoms. The normalized spacial score (nSPS) is 10.8. The smallest absolute Gasteiger partial charge is 0.150 e. The third kappa shape index (κ3) is 6.37. The topological polar surface area (TPSA) is 53.5 Å². The van der Waals surface area contributed by atoms with Crippen LogP contribution in [0.4, 0.5) is 0 Å². The highest BCUT2D eigenvalue weighted by Crippen LogP contribution is 2.10. The Balaban J connectivity index is 1.54. The molecule has 0 aliphatic carbocycles. The van der Waals surface area contributed by atoms with Crippen molar-refractivity contribution in [3.63, 3.8) is 0 Å². The van der Waals surface area contributed by atoms with Gasteiger partial charge in [0.25, 0.3) is 0 Å². The summed E-state index contributed by atoms with van der Waals surface area (Å²) < 4.78 is 15.8. The number of rotatable bonds is 8. The second-order valence-corrected chi connectivity index (χ2v) is 5.03. The molecule has 0 amide bonds. The molecule has 0 aliphatic rings. The molecule has 7 heteroatoms. The molecule has 0 N–H and O–H groups in total. The third-order valence-corrected chi connectivity index (χ3v) is 2.81. The van der Waals surface area contributed by atoms with Gasteiger partial charge in [-0.05, 0) is 23.3 Å². The van der Waals surface area contributed by atoms with Gasteiger partial charge in [0.1, 0.15) is 13.6 Å². The summed E-state index contributed by atoms with van der Waals surface area (Å²) in [5, 5.41) is 1.16. The lowest BCUT2D eigenvalue weighted by Gasteiger charge is -2.07. The first-order valence-corrected chi connectivity index (χ1v) is 6.92. The van der Waals surface area contributed by atoms with Crippen LogP contribution >= 0.6 is 23.2 Å². The predicted molar refractivity (Wildman–Crippen MR) is 78.9 cm³/mol. The minimum absolute atomic E-state index is 0.125. The van der Waals surface area contributed by atoms with Crippen molar-refractivity contribution in [3.8, 4) is 0 Å². The van der Waals surface area contributed by atoms with E-state index in [1.807, 2.05) is 0 Å². The molecule has 2 rings (SSSR count). The van der Waals surface area contributed by atoms with Crippen LogP contribution in [0.15, 0.2) is 36.9 Å². The fourth-order valence-electron chi connectivity index (χ4n) is 1.54. The first-order chi connectivity index (χ1) is 10.2. The molecule has 0 unspecified atom stereocenters. The SMILES string of the molecule is Clc1cncc(COCOCOCc2cncc(Cl)c2)c1. The second kappa shape index (κ2) is 8.92. The summed E-state index contributed by atoms with van der Waals surface area (Å²) in [5.74, 6) is 0. The van der Waals surface area contributed by atoms with Gasteiger partial charge in [-0.1, -0.05) is 23.2 Å². The van der Waals surface area contributed by atoms with Crippen molar-refractivity contribution in [3.05, 3.63) is 58.1 Å². The van der Waals surface area contributed by atoms with Gasteiger partial charge in [0.15, 0.2) is 0 Å². The molecule has 0 aliphatic heterocycles. The van der Waals surface area contributed by atoms with Crippen LogP contribution in [-0.4, -0.2) is 23.6 Å². The summed E-state index contributed by atoms with van der Waals surface area (Å²) >= 11 is 11.6. The minimum Gasteiger partial charge on any atom is -0.351 e. The van der Waals surface area contributed by atoms with Crippen molar-refractivity contribution >= 4 is 23.2 Å². The van der Waals surface area contributed by atoms with Crippen LogP contribution in [0.3, 0.4) is 0 Å². The number of halogens is 2. The molecule has 0 aromatic carbocycles. The monoisotopic (exact) mass is 328 g/mol. The van der Waals surface area contributed by atoms with E-state index in [-0.39, 0.29) is 13.6 Å². The molecule has 21 heavy (non-hydrogen) atoms. The van der Waals surface area contributed by atoms with Gasteiger partial charge < -0.3 is 14.2 Å². The van der Waals surface area contributed by atoms with Crippen molar-refractivity contribution in [2.75, 3.05) is 13.6 Å². The van der Waals surface area contributed by atoms with Crippen LogP contribution in [0.25, 0.3) is 0 Å². The first kappa shape index (κ1) is 16.1. The lowest BCUT2D eigenvalue weighted by atomic mass is 10.3. The van der Waals surface area contributed by atoms with Gasteiger partial charge in [0.2, 0.25) is 0 Å². The Hall–Kier alpha value is -1.24. The standard InChI is InChI=1S/C14H14Cl2N2O3/c15-13-1-11(3-17-5-13)7-19-9-21-10-20-8-12-2-14(16)6-18-4-12/h1-6H,7-10H2. The van der Waals surface area contributed by atoms with E-state index in [1.54, 1.807) is 36.9 Å². The number of hydrogen-bond acceptors (Lipinski definition) is 5. The molecule has 112 valence electrons. The molecule has 0 bridgehead atoms. The molecular weight excluding hydrogens is 315 g/mol. The Labute approximate surface area is 132 Å². The van der Waals surface area contributed by atoms with Crippen molar-refractivity contribution in [1.29, 1.82) is 0 Å². The molecule has 0 atom stereocenters. The third-order valence-electron chi connectivity index (χ3n) is 2.39. The Morgan fingerprint density at radius 1 is 0.714 bits per heavy atom. The highest BCUT2D eigenvalue weighted by molar-refractivity contribution is 6.30. The van der Waals surface area contributed by atoms with Gasteiger partial charge in [-0.15, -0.1) is 0 Å². The molecular formula is C14H14Cl2N2O3. The van der Waals surface area contributed by atoms with E-state index in [4.69, 9.17) is 37.4 Å². The zero-order chi connectivity index (χ0) is 14.9. The number of nitrogens with zero attached hydrogens (tertiary/aromatic N) is 2. The zero-order valence-electron chi connectivity index (χ0n) is 11.2. The van der Waals surface area contributed by atoms with Crippen molar-refractivity contribution in [2.45, 2.75) is 13.2 Å². The van der Waals surface area contributed by atoms with Gasteiger partial charge in [0, 0.05) is 24.8 Å². The van der Waals surface area contributed by atoms with Crippen LogP contribution in [0.1, 0.15) is 11.1 Å². The van der Waals surface area contributed by atoms with Crippen LogP contribution in [-0.2, 0) is 27.4 Å². The Morgan fingerprint density at radius 3 is 1.62 bits per heavy atom. The van der Waals surface area contributed by atoms with E-state index in [9.17, 15) is 0 Å². The quantitative estimate of drug-likeness (QED) is 0.548. The van der Waals surface area contributed by atoms with Crippen LogP contribution in [0, 0.1) is 0 Å². The van der Waals surface area contributed by atoms with Crippen LogP contribution < -0.4 is 0 Å². The molecule has 0 fully saturated rings. The fraction of sp³-hybridized carbons (Fsp3) is 0.286. The van der Waals surface area contributed by atoms with Gasteiger partial charge in [-0.3, -0.25) is 9.97 Å². The summed E-state index contributed by atoms with van der Waals surface area (Å²) in [6.45, 7) is 1.01. The van der Waals surface area contributed by atoms with E-state index in [1.165, 1.54) is 0 Å². The summed E-state index contributed by atoms with van der Waals surface area (Å²) in [6.07, 6.45) is 6.52. The number of aromatic nitrogens is 2. The molecule has 2 aromatic rings. The zero-order valence-corrected chi connectivity index (χ0v) is 12.7.